The van der Waals surface area contributed by atoms with Gasteiger partial charge in [0.05, 0.1) is 32.7 Å². The average molecular weight is 963 g/mol. The van der Waals surface area contributed by atoms with Crippen LogP contribution in [0.15, 0.2) is 4.42 Å². The second-order valence-electron chi connectivity index (χ2n) is 15.1. The van der Waals surface area contributed by atoms with Crippen molar-refractivity contribution in [2.45, 2.75) is 0 Å². The molecule has 0 aliphatic heterocycles. The molecule has 1 aromatic heterocycles. The van der Waals surface area contributed by atoms with Crippen LogP contribution in [0.3, 0.4) is 0 Å². The SMILES string of the molecule is Oc1c(O)c(O)c(-c2c(O)c(O)c(O)c(O)c2-c2c3c(O)c(O)c(O)c(O)c3c(-c3c(O)c(O)c4oc5c(O)c6c(O)c(O)c(O)c(O)c6c(O)c5c4c3O)c3c(O)c(O)c(O)c(O)c23)c(O)c1O. The van der Waals surface area contributed by atoms with Crippen LogP contribution in [0.1, 0.15) is 0 Å². The summed E-state index contributed by atoms with van der Waals surface area (Å²) < 4.78 is 5.44. The first-order valence-electron chi connectivity index (χ1n) is 18.5. The van der Waals surface area contributed by atoms with Crippen LogP contribution in [-0.4, -0.2) is 133 Å². The van der Waals surface area contributed by atoms with Crippen molar-refractivity contribution in [1.29, 1.82) is 0 Å². The van der Waals surface area contributed by atoms with Gasteiger partial charge in [-0.3, -0.25) is 0 Å². The van der Waals surface area contributed by atoms with Gasteiger partial charge in [-0.25, -0.2) is 0 Å². The highest BCUT2D eigenvalue weighted by Crippen LogP contribution is 2.70. The van der Waals surface area contributed by atoms with Gasteiger partial charge in [-0.1, -0.05) is 0 Å². The van der Waals surface area contributed by atoms with E-state index in [0.29, 0.717) is 0 Å². The highest BCUT2D eigenvalue weighted by atomic mass is 16.4. The maximum absolute atomic E-state index is 12.3. The number of hydrogen-bond donors (Lipinski definition) is 26. The maximum atomic E-state index is 12.3. The molecule has 0 bridgehead atoms. The van der Waals surface area contributed by atoms with Crippen LogP contribution in [0, 0.1) is 0 Å². The van der Waals surface area contributed by atoms with Crippen molar-refractivity contribution in [2.75, 3.05) is 0 Å². The first kappa shape index (κ1) is 43.4. The van der Waals surface area contributed by atoms with Crippen molar-refractivity contribution < 1.29 is 137 Å². The fourth-order valence-electron chi connectivity index (χ4n) is 8.54. The van der Waals surface area contributed by atoms with E-state index >= 15 is 0 Å². The highest BCUT2D eigenvalue weighted by Gasteiger charge is 2.41. The summed E-state index contributed by atoms with van der Waals surface area (Å²) in [7, 11) is 0. The zero-order valence-corrected chi connectivity index (χ0v) is 33.0. The van der Waals surface area contributed by atoms with E-state index in [1.165, 1.54) is 0 Å². The summed E-state index contributed by atoms with van der Waals surface area (Å²) in [6.07, 6.45) is 0. The van der Waals surface area contributed by atoms with Crippen molar-refractivity contribution in [3.8, 4) is 183 Å². The first-order valence-corrected chi connectivity index (χ1v) is 18.5. The zero-order chi connectivity index (χ0) is 51.0. The molecular formula is C42H26O27. The number of aromatic hydroxyl groups is 26. The normalized spacial score (nSPS) is 11.8. The summed E-state index contributed by atoms with van der Waals surface area (Å²) in [5.41, 5.74) is -11.3. The van der Waals surface area contributed by atoms with E-state index in [0.717, 1.165) is 0 Å². The molecule has 0 saturated heterocycles. The van der Waals surface area contributed by atoms with Crippen LogP contribution in [-0.2, 0) is 0 Å². The van der Waals surface area contributed by atoms with Crippen LogP contribution in [0.5, 0.6) is 149 Å². The van der Waals surface area contributed by atoms with Gasteiger partial charge in [0.25, 0.3) is 0 Å². The molecule has 0 aliphatic carbocycles. The molecular weight excluding hydrogens is 936 g/mol. The summed E-state index contributed by atoms with van der Waals surface area (Å²) in [4.78, 5) is 0. The van der Waals surface area contributed by atoms with Crippen molar-refractivity contribution in [3.05, 3.63) is 0 Å². The van der Waals surface area contributed by atoms with Gasteiger partial charge in [0, 0.05) is 43.8 Å². The van der Waals surface area contributed by atoms with E-state index in [2.05, 4.69) is 0 Å². The Morgan fingerprint density at radius 3 is 0.725 bits per heavy atom. The minimum atomic E-state index is -1.86. The summed E-state index contributed by atoms with van der Waals surface area (Å²) in [6, 6.07) is 0. The molecule has 69 heavy (non-hydrogen) atoms. The lowest BCUT2D eigenvalue weighted by Crippen LogP contribution is -1.98. The lowest BCUT2D eigenvalue weighted by molar-refractivity contribution is 0.329. The zero-order valence-electron chi connectivity index (χ0n) is 33.0. The van der Waals surface area contributed by atoms with E-state index < -0.39 is 237 Å². The number of furan rings is 1. The quantitative estimate of drug-likeness (QED) is 0.0663. The monoisotopic (exact) mass is 962 g/mol. The molecule has 0 radical (unpaired) electrons. The molecule has 26 N–H and O–H groups in total. The topological polar surface area (TPSA) is 539 Å². The van der Waals surface area contributed by atoms with Crippen LogP contribution in [0.4, 0.5) is 0 Å². The molecule has 1 heterocycles. The van der Waals surface area contributed by atoms with Gasteiger partial charge >= 0.3 is 0 Å². The van der Waals surface area contributed by atoms with Gasteiger partial charge in [0.1, 0.15) is 11.5 Å². The van der Waals surface area contributed by atoms with Crippen LogP contribution >= 0.6 is 0 Å². The molecule has 27 heteroatoms. The second kappa shape index (κ2) is 13.4. The molecule has 9 rings (SSSR count). The molecule has 356 valence electrons. The maximum Gasteiger partial charge on any atom is 0.208 e. The Kier molecular flexibility index (Phi) is 8.40. The fourth-order valence-corrected chi connectivity index (χ4v) is 8.54. The van der Waals surface area contributed by atoms with Crippen LogP contribution < -0.4 is 0 Å². The van der Waals surface area contributed by atoms with Gasteiger partial charge in [0.15, 0.2) is 80.2 Å². The Morgan fingerprint density at radius 2 is 0.348 bits per heavy atom. The summed E-state index contributed by atoms with van der Waals surface area (Å²) in [6.45, 7) is 0. The number of phenolic OH excluding ortho intramolecular Hbond substituents is 26. The van der Waals surface area contributed by atoms with Crippen LogP contribution in [0.2, 0.25) is 0 Å². The van der Waals surface area contributed by atoms with Gasteiger partial charge < -0.3 is 137 Å². The first-order chi connectivity index (χ1) is 32.2. The van der Waals surface area contributed by atoms with Crippen molar-refractivity contribution in [1.82, 2.24) is 0 Å². The third kappa shape index (κ3) is 4.86. The molecule has 0 amide bonds. The van der Waals surface area contributed by atoms with E-state index in [9.17, 15) is 133 Å². The Hall–Kier alpha value is -10.9. The van der Waals surface area contributed by atoms with Gasteiger partial charge in [-0.2, -0.15) is 0 Å². The molecule has 8 aromatic carbocycles. The minimum absolute atomic E-state index is 1.03. The largest absolute Gasteiger partial charge is 0.506 e. The van der Waals surface area contributed by atoms with Gasteiger partial charge in [0.2, 0.25) is 69.0 Å². The molecule has 0 spiro atoms. The molecule has 0 saturated carbocycles. The molecule has 0 fully saturated rings. The third-order valence-electron chi connectivity index (χ3n) is 11.7. The Labute approximate surface area is 373 Å². The van der Waals surface area contributed by atoms with E-state index in [-0.39, 0.29) is 0 Å². The molecule has 0 unspecified atom stereocenters. The molecule has 27 nitrogen and oxygen atoms in total. The predicted molar refractivity (Wildman–Crippen MR) is 226 cm³/mol. The lowest BCUT2D eigenvalue weighted by atomic mass is 9.80. The second-order valence-corrected chi connectivity index (χ2v) is 15.1. The third-order valence-corrected chi connectivity index (χ3v) is 11.7. The van der Waals surface area contributed by atoms with Crippen molar-refractivity contribution >= 4 is 54.3 Å². The number of phenols is 26. The smallest absolute Gasteiger partial charge is 0.208 e. The average Bonchev–Trinajstić information content (AvgIpc) is 3.74. The molecule has 0 aliphatic rings. The number of hydrogen-bond acceptors (Lipinski definition) is 27. The summed E-state index contributed by atoms with van der Waals surface area (Å²) in [5.74, 6) is -43.7. The number of rotatable bonds is 3. The van der Waals surface area contributed by atoms with Crippen LogP contribution in [0.25, 0.3) is 87.6 Å². The van der Waals surface area contributed by atoms with E-state index in [1.54, 1.807) is 0 Å². The Morgan fingerprint density at radius 1 is 0.130 bits per heavy atom. The molecule has 0 atom stereocenters. The predicted octanol–water partition coefficient (Wildman–Crippen LogP) is 4.39. The summed E-state index contributed by atoms with van der Waals surface area (Å²) >= 11 is 0. The van der Waals surface area contributed by atoms with Crippen molar-refractivity contribution in [3.63, 3.8) is 0 Å². The fraction of sp³-hybridized carbons (Fsp3) is 0. The van der Waals surface area contributed by atoms with E-state index in [4.69, 9.17) is 4.42 Å². The number of fused-ring (bicyclic) bond motifs is 6. The summed E-state index contributed by atoms with van der Waals surface area (Å²) in [5, 5.41) is 279. The standard InChI is InChI=1S/C42H26O27/c43-15-9(27(55)40(68)42-14(15)13-16(44)11-12(28(56)41(13)69-42)26(54)36(64)35(63)25(11)53)2-6-3(17(45)29(57)32(60)20(6)48)1(4-7(2)21(49)33(61)30(58)18(4)46)5-8(22(50)34(62)31(59)19(5)47)10-23(51)37(65)39(67)38(66)24(10)52/h43-68H. The van der Waals surface area contributed by atoms with Gasteiger partial charge in [-0.15, -0.1) is 0 Å². The number of benzene rings is 8. The lowest BCUT2D eigenvalue weighted by Gasteiger charge is -2.25. The highest BCUT2D eigenvalue weighted by molar-refractivity contribution is 6.33. The van der Waals surface area contributed by atoms with Crippen molar-refractivity contribution in [2.24, 2.45) is 0 Å². The van der Waals surface area contributed by atoms with E-state index in [1.807, 2.05) is 0 Å². The Balaban J connectivity index is 1.63. The molecule has 9 aromatic rings. The van der Waals surface area contributed by atoms with Gasteiger partial charge in [-0.05, 0) is 0 Å². The minimum Gasteiger partial charge on any atom is -0.506 e. The Bertz CT molecular complexity index is 3850.